The molecule has 0 radical (unpaired) electrons. The molecule has 0 spiro atoms. The highest BCUT2D eigenvalue weighted by molar-refractivity contribution is 7.91. The molecule has 5 nitrogen and oxygen atoms in total. The standard InChI is InChI=1S/C10H18O5S/c1-8(10(11)12)6-16(13,14)7-9-2-4-15-5-3-9/h8-9H,2-7H2,1H3,(H,11,12). The van der Waals surface area contributed by atoms with Crippen molar-refractivity contribution in [3.63, 3.8) is 0 Å². The number of hydrogen-bond donors (Lipinski definition) is 1. The topological polar surface area (TPSA) is 80.7 Å². The van der Waals surface area contributed by atoms with E-state index in [0.29, 0.717) is 13.2 Å². The quantitative estimate of drug-likeness (QED) is 0.770. The first-order chi connectivity index (χ1) is 7.41. The molecule has 1 rings (SSSR count). The van der Waals surface area contributed by atoms with Crippen molar-refractivity contribution in [2.75, 3.05) is 24.7 Å². The van der Waals surface area contributed by atoms with Crippen LogP contribution < -0.4 is 0 Å². The van der Waals surface area contributed by atoms with Crippen LogP contribution in [-0.4, -0.2) is 44.2 Å². The number of carboxylic acids is 1. The summed E-state index contributed by atoms with van der Waals surface area (Å²) in [5.74, 6) is -1.94. The van der Waals surface area contributed by atoms with Crippen LogP contribution in [0.4, 0.5) is 0 Å². The molecule has 1 unspecified atom stereocenters. The van der Waals surface area contributed by atoms with Crippen molar-refractivity contribution in [2.45, 2.75) is 19.8 Å². The summed E-state index contributed by atoms with van der Waals surface area (Å²) in [5, 5.41) is 8.67. The van der Waals surface area contributed by atoms with Crippen LogP contribution in [0.2, 0.25) is 0 Å². The lowest BCUT2D eigenvalue weighted by atomic mass is 10.0. The second-order valence-corrected chi connectivity index (χ2v) is 6.53. The molecular formula is C10H18O5S. The first-order valence-corrected chi connectivity index (χ1v) is 7.24. The van der Waals surface area contributed by atoms with E-state index in [0.717, 1.165) is 12.8 Å². The highest BCUT2D eigenvalue weighted by Crippen LogP contribution is 2.18. The van der Waals surface area contributed by atoms with Crippen LogP contribution in [0.5, 0.6) is 0 Å². The van der Waals surface area contributed by atoms with Gasteiger partial charge in [0.05, 0.1) is 17.4 Å². The zero-order valence-electron chi connectivity index (χ0n) is 9.39. The summed E-state index contributed by atoms with van der Waals surface area (Å²) in [7, 11) is -3.26. The Bertz CT molecular complexity index is 329. The van der Waals surface area contributed by atoms with Gasteiger partial charge in [0.1, 0.15) is 0 Å². The highest BCUT2D eigenvalue weighted by atomic mass is 32.2. The van der Waals surface area contributed by atoms with Gasteiger partial charge in [0, 0.05) is 13.2 Å². The third kappa shape index (κ3) is 4.49. The Labute approximate surface area is 95.7 Å². The number of carboxylic acid groups (broad SMARTS) is 1. The summed E-state index contributed by atoms with van der Waals surface area (Å²) in [6.45, 7) is 2.63. The SMILES string of the molecule is CC(CS(=O)(=O)CC1CCOCC1)C(=O)O. The van der Waals surface area contributed by atoms with Gasteiger partial charge in [-0.05, 0) is 18.8 Å². The van der Waals surface area contributed by atoms with Crippen LogP contribution in [0.25, 0.3) is 0 Å². The van der Waals surface area contributed by atoms with Crippen molar-refractivity contribution in [3.8, 4) is 0 Å². The minimum Gasteiger partial charge on any atom is -0.481 e. The third-order valence-electron chi connectivity index (χ3n) is 2.76. The first kappa shape index (κ1) is 13.4. The molecule has 0 amide bonds. The lowest BCUT2D eigenvalue weighted by molar-refractivity contribution is -0.140. The Morgan fingerprint density at radius 3 is 2.50 bits per heavy atom. The van der Waals surface area contributed by atoms with E-state index >= 15 is 0 Å². The predicted octanol–water partition coefficient (Wildman–Crippen LogP) is 0.548. The van der Waals surface area contributed by atoms with Gasteiger partial charge >= 0.3 is 5.97 Å². The molecule has 0 bridgehead atoms. The van der Waals surface area contributed by atoms with Crippen LogP contribution in [-0.2, 0) is 19.4 Å². The van der Waals surface area contributed by atoms with Crippen LogP contribution in [0, 0.1) is 11.8 Å². The maximum atomic E-state index is 11.7. The van der Waals surface area contributed by atoms with E-state index in [4.69, 9.17) is 9.84 Å². The fraction of sp³-hybridized carbons (Fsp3) is 0.900. The maximum Gasteiger partial charge on any atom is 0.307 e. The van der Waals surface area contributed by atoms with Gasteiger partial charge in [-0.15, -0.1) is 0 Å². The third-order valence-corrected chi connectivity index (χ3v) is 4.74. The summed E-state index contributed by atoms with van der Waals surface area (Å²) in [6, 6.07) is 0. The number of hydrogen-bond acceptors (Lipinski definition) is 4. The molecule has 16 heavy (non-hydrogen) atoms. The van der Waals surface area contributed by atoms with Crippen molar-refractivity contribution in [1.29, 1.82) is 0 Å². The highest BCUT2D eigenvalue weighted by Gasteiger charge is 2.25. The largest absolute Gasteiger partial charge is 0.481 e. The molecule has 0 aliphatic carbocycles. The molecular weight excluding hydrogens is 232 g/mol. The molecule has 1 N–H and O–H groups in total. The van der Waals surface area contributed by atoms with Gasteiger partial charge in [0.15, 0.2) is 9.84 Å². The Hall–Kier alpha value is -0.620. The smallest absolute Gasteiger partial charge is 0.307 e. The van der Waals surface area contributed by atoms with Crippen molar-refractivity contribution in [2.24, 2.45) is 11.8 Å². The Morgan fingerprint density at radius 1 is 1.44 bits per heavy atom. The molecule has 1 saturated heterocycles. The molecule has 1 aliphatic rings. The second kappa shape index (κ2) is 5.63. The molecule has 6 heteroatoms. The summed E-state index contributed by atoms with van der Waals surface area (Å²) in [6.07, 6.45) is 1.50. The van der Waals surface area contributed by atoms with E-state index in [9.17, 15) is 13.2 Å². The van der Waals surface area contributed by atoms with Gasteiger partial charge in [-0.25, -0.2) is 8.42 Å². The minimum absolute atomic E-state index is 0.0913. The monoisotopic (exact) mass is 250 g/mol. The molecule has 1 heterocycles. The molecule has 0 aromatic heterocycles. The lowest BCUT2D eigenvalue weighted by Crippen LogP contribution is -2.28. The Kier molecular flexibility index (Phi) is 4.73. The fourth-order valence-electron chi connectivity index (χ4n) is 1.79. The Balaban J connectivity index is 2.47. The molecule has 0 aromatic carbocycles. The van der Waals surface area contributed by atoms with Crippen molar-refractivity contribution in [3.05, 3.63) is 0 Å². The minimum atomic E-state index is -3.26. The number of ether oxygens (including phenoxy) is 1. The number of sulfone groups is 1. The van der Waals surface area contributed by atoms with Gasteiger partial charge in [0.2, 0.25) is 0 Å². The van der Waals surface area contributed by atoms with E-state index in [1.54, 1.807) is 0 Å². The zero-order valence-corrected chi connectivity index (χ0v) is 10.2. The van der Waals surface area contributed by atoms with Crippen LogP contribution in [0.3, 0.4) is 0 Å². The van der Waals surface area contributed by atoms with Crippen LogP contribution in [0.15, 0.2) is 0 Å². The molecule has 1 atom stereocenters. The van der Waals surface area contributed by atoms with E-state index in [1.165, 1.54) is 6.92 Å². The van der Waals surface area contributed by atoms with Gasteiger partial charge in [-0.1, -0.05) is 6.92 Å². The average Bonchev–Trinajstić information content (AvgIpc) is 2.17. The van der Waals surface area contributed by atoms with Crippen LogP contribution in [0.1, 0.15) is 19.8 Å². The van der Waals surface area contributed by atoms with E-state index in [-0.39, 0.29) is 17.4 Å². The number of rotatable bonds is 5. The molecule has 1 aliphatic heterocycles. The van der Waals surface area contributed by atoms with E-state index in [1.807, 2.05) is 0 Å². The molecule has 1 fully saturated rings. The lowest BCUT2D eigenvalue weighted by Gasteiger charge is -2.22. The van der Waals surface area contributed by atoms with Gasteiger partial charge in [0.25, 0.3) is 0 Å². The summed E-state index contributed by atoms with van der Waals surface area (Å²) in [4.78, 5) is 10.6. The van der Waals surface area contributed by atoms with E-state index in [2.05, 4.69) is 0 Å². The van der Waals surface area contributed by atoms with Crippen molar-refractivity contribution in [1.82, 2.24) is 0 Å². The van der Waals surface area contributed by atoms with Crippen molar-refractivity contribution >= 4 is 15.8 Å². The van der Waals surface area contributed by atoms with Crippen LogP contribution >= 0.6 is 0 Å². The summed E-state index contributed by atoms with van der Waals surface area (Å²) in [5.41, 5.74) is 0. The normalized spacial score (nSPS) is 20.6. The Morgan fingerprint density at radius 2 is 2.00 bits per heavy atom. The summed E-state index contributed by atoms with van der Waals surface area (Å²) < 4.78 is 28.6. The first-order valence-electron chi connectivity index (χ1n) is 5.41. The van der Waals surface area contributed by atoms with Gasteiger partial charge in [-0.2, -0.15) is 0 Å². The fourth-order valence-corrected chi connectivity index (χ4v) is 3.88. The van der Waals surface area contributed by atoms with E-state index < -0.39 is 21.7 Å². The molecule has 0 saturated carbocycles. The molecule has 0 aromatic rings. The van der Waals surface area contributed by atoms with Gasteiger partial charge in [-0.3, -0.25) is 4.79 Å². The maximum absolute atomic E-state index is 11.7. The summed E-state index contributed by atoms with van der Waals surface area (Å²) >= 11 is 0. The zero-order chi connectivity index (χ0) is 12.2. The second-order valence-electron chi connectivity index (χ2n) is 4.37. The number of carbonyl (C=O) groups is 1. The van der Waals surface area contributed by atoms with Crippen molar-refractivity contribution < 1.29 is 23.1 Å². The average molecular weight is 250 g/mol. The predicted molar refractivity (Wildman–Crippen MR) is 59.0 cm³/mol. The van der Waals surface area contributed by atoms with Gasteiger partial charge < -0.3 is 9.84 Å². The molecule has 94 valence electrons. The number of aliphatic carboxylic acids is 1.